The number of hydrazone groups is 1. The fourth-order valence-electron chi connectivity index (χ4n) is 2.38. The fourth-order valence-corrected chi connectivity index (χ4v) is 3.38. The highest BCUT2D eigenvalue weighted by molar-refractivity contribution is 7.84. The van der Waals surface area contributed by atoms with Gasteiger partial charge in [0.1, 0.15) is 11.5 Å². The molecule has 1 amide bonds. The Morgan fingerprint density at radius 2 is 2.13 bits per heavy atom. The van der Waals surface area contributed by atoms with Crippen LogP contribution in [-0.2, 0) is 21.3 Å². The molecule has 0 aliphatic carbocycles. The molecule has 6 nitrogen and oxygen atoms in total. The van der Waals surface area contributed by atoms with Gasteiger partial charge >= 0.3 is 0 Å². The van der Waals surface area contributed by atoms with E-state index in [2.05, 4.69) is 10.3 Å². The number of benzene rings is 1. The van der Waals surface area contributed by atoms with Gasteiger partial charge in [-0.1, -0.05) is 35.5 Å². The van der Waals surface area contributed by atoms with Gasteiger partial charge < -0.3 is 4.52 Å². The maximum absolute atomic E-state index is 12.2. The Morgan fingerprint density at radius 1 is 1.35 bits per heavy atom. The molecular weight excluding hydrogens is 314 g/mol. The molecule has 0 N–H and O–H groups in total. The average Bonchev–Trinajstić information content (AvgIpc) is 3.17. The van der Waals surface area contributed by atoms with E-state index in [0.717, 1.165) is 11.3 Å². The van der Waals surface area contributed by atoms with Gasteiger partial charge in [0.25, 0.3) is 5.91 Å². The van der Waals surface area contributed by atoms with E-state index in [1.54, 1.807) is 13.0 Å². The Kier molecular flexibility index (Phi) is 4.66. The number of rotatable bonds is 5. The van der Waals surface area contributed by atoms with Gasteiger partial charge in [-0.15, -0.1) is 0 Å². The number of carbonyl (C=O) groups is 1. The second-order valence-corrected chi connectivity index (χ2v) is 6.79. The van der Waals surface area contributed by atoms with Gasteiger partial charge in [-0.05, 0) is 12.5 Å². The van der Waals surface area contributed by atoms with Crippen molar-refractivity contribution in [2.75, 3.05) is 12.3 Å². The smallest absolute Gasteiger partial charge is 0.255 e. The lowest BCUT2D eigenvalue weighted by atomic mass is 10.1. The first-order chi connectivity index (χ1) is 11.1. The summed E-state index contributed by atoms with van der Waals surface area (Å²) in [6.45, 7) is 2.30. The van der Waals surface area contributed by atoms with Crippen molar-refractivity contribution in [1.29, 1.82) is 0 Å². The van der Waals surface area contributed by atoms with Crippen LogP contribution in [-0.4, -0.2) is 38.3 Å². The van der Waals surface area contributed by atoms with Crippen molar-refractivity contribution in [2.24, 2.45) is 5.10 Å². The molecule has 0 fully saturated rings. The molecule has 2 heterocycles. The summed E-state index contributed by atoms with van der Waals surface area (Å²) < 4.78 is 17.0. The van der Waals surface area contributed by atoms with Crippen LogP contribution in [0, 0.1) is 6.92 Å². The van der Waals surface area contributed by atoms with Crippen LogP contribution < -0.4 is 0 Å². The van der Waals surface area contributed by atoms with E-state index in [0.29, 0.717) is 24.4 Å². The normalized spacial score (nSPS) is 15.5. The largest absolute Gasteiger partial charge is 0.361 e. The Bertz CT molecular complexity index is 755. The summed E-state index contributed by atoms with van der Waals surface area (Å²) in [5, 5.41) is 9.56. The lowest BCUT2D eigenvalue weighted by molar-refractivity contribution is -0.127. The summed E-state index contributed by atoms with van der Waals surface area (Å²) in [7, 11) is -1.32. The second-order valence-electron chi connectivity index (χ2n) is 5.34. The number of hydrogen-bond acceptors (Lipinski definition) is 5. The number of aryl methyl sites for hydroxylation is 1. The first kappa shape index (κ1) is 15.6. The van der Waals surface area contributed by atoms with Crippen LogP contribution in [0.2, 0.25) is 0 Å². The molecule has 2 aromatic rings. The highest BCUT2D eigenvalue weighted by Crippen LogP contribution is 2.14. The highest BCUT2D eigenvalue weighted by Gasteiger charge is 2.23. The molecule has 23 heavy (non-hydrogen) atoms. The molecular formula is C16H17N3O3S. The molecule has 0 saturated heterocycles. The maximum Gasteiger partial charge on any atom is 0.255 e. The zero-order valence-electron chi connectivity index (χ0n) is 12.8. The van der Waals surface area contributed by atoms with E-state index in [-0.39, 0.29) is 17.4 Å². The van der Waals surface area contributed by atoms with E-state index in [1.807, 2.05) is 30.3 Å². The van der Waals surface area contributed by atoms with Crippen LogP contribution in [0.4, 0.5) is 0 Å². The van der Waals surface area contributed by atoms with Crippen LogP contribution in [0.15, 0.2) is 46.0 Å². The molecule has 0 bridgehead atoms. The summed E-state index contributed by atoms with van der Waals surface area (Å²) >= 11 is 0. The molecule has 7 heteroatoms. The van der Waals surface area contributed by atoms with Crippen molar-refractivity contribution in [3.8, 4) is 0 Å². The maximum atomic E-state index is 12.2. The molecule has 1 aromatic carbocycles. The highest BCUT2D eigenvalue weighted by atomic mass is 32.2. The second kappa shape index (κ2) is 6.87. The van der Waals surface area contributed by atoms with Crippen molar-refractivity contribution in [3.05, 3.63) is 53.4 Å². The first-order valence-electron chi connectivity index (χ1n) is 7.32. The Hall–Kier alpha value is -2.28. The van der Waals surface area contributed by atoms with Gasteiger partial charge in [0.15, 0.2) is 0 Å². The zero-order chi connectivity index (χ0) is 16.2. The zero-order valence-corrected chi connectivity index (χ0v) is 13.6. The molecule has 1 aliphatic rings. The van der Waals surface area contributed by atoms with Gasteiger partial charge in [0.05, 0.1) is 23.7 Å². The van der Waals surface area contributed by atoms with Crippen molar-refractivity contribution in [2.45, 2.75) is 19.1 Å². The van der Waals surface area contributed by atoms with Crippen molar-refractivity contribution in [3.63, 3.8) is 0 Å². The van der Waals surface area contributed by atoms with Gasteiger partial charge in [0, 0.05) is 23.3 Å². The molecule has 0 saturated carbocycles. The molecule has 120 valence electrons. The number of carbonyl (C=O) groups excluding carboxylic acids is 1. The third-order valence-corrected chi connectivity index (χ3v) is 4.65. The number of amides is 1. The summed E-state index contributed by atoms with van der Waals surface area (Å²) in [5.74, 6) is 0.596. The monoisotopic (exact) mass is 331 g/mol. The number of nitrogens with zero attached hydrogens (tertiary/aromatic N) is 3. The molecule has 1 atom stereocenters. The van der Waals surface area contributed by atoms with Crippen LogP contribution in [0.5, 0.6) is 0 Å². The van der Waals surface area contributed by atoms with Gasteiger partial charge in [-0.2, -0.15) is 5.10 Å². The van der Waals surface area contributed by atoms with E-state index >= 15 is 0 Å². The summed E-state index contributed by atoms with van der Waals surface area (Å²) in [6, 6.07) is 11.5. The predicted molar refractivity (Wildman–Crippen MR) is 87.3 cm³/mol. The molecule has 1 aliphatic heterocycles. The third-order valence-electron chi connectivity index (χ3n) is 3.47. The number of aromatic nitrogens is 1. The minimum absolute atomic E-state index is 0.0581. The van der Waals surface area contributed by atoms with Gasteiger partial charge in [0.2, 0.25) is 0 Å². The third kappa shape index (κ3) is 3.92. The van der Waals surface area contributed by atoms with E-state index in [1.165, 1.54) is 5.01 Å². The quantitative estimate of drug-likeness (QED) is 0.838. The van der Waals surface area contributed by atoms with E-state index < -0.39 is 10.8 Å². The fraction of sp³-hybridized carbons (Fsp3) is 0.312. The first-order valence-corrected chi connectivity index (χ1v) is 8.81. The Balaban J connectivity index is 1.58. The predicted octanol–water partition coefficient (Wildman–Crippen LogP) is 1.87. The minimum Gasteiger partial charge on any atom is -0.361 e. The van der Waals surface area contributed by atoms with E-state index in [4.69, 9.17) is 4.52 Å². The van der Waals surface area contributed by atoms with Crippen LogP contribution in [0.1, 0.15) is 23.4 Å². The lowest BCUT2D eigenvalue weighted by Gasteiger charge is -2.10. The molecule has 0 spiro atoms. The van der Waals surface area contributed by atoms with E-state index in [9.17, 15) is 9.00 Å². The minimum atomic E-state index is -1.32. The molecule has 1 aromatic heterocycles. The summed E-state index contributed by atoms with van der Waals surface area (Å²) in [4.78, 5) is 12.2. The Labute approximate surface area is 136 Å². The summed E-state index contributed by atoms with van der Waals surface area (Å²) in [6.07, 6.45) is 0.713. The average molecular weight is 331 g/mol. The van der Waals surface area contributed by atoms with Crippen molar-refractivity contribution < 1.29 is 13.5 Å². The molecule has 0 unspecified atom stereocenters. The van der Waals surface area contributed by atoms with Gasteiger partial charge in [-0.25, -0.2) is 5.01 Å². The molecule has 3 rings (SSSR count). The number of hydrogen-bond donors (Lipinski definition) is 0. The standard InChI is InChI=1S/C16H17N3O3S/c1-12-9-14(18-22-12)10-23(21)11-16(20)19-8-7-15(17-19)13-5-3-2-4-6-13/h2-6,9H,7-8,10-11H2,1H3/t23-/m1/s1. The van der Waals surface area contributed by atoms with Crippen LogP contribution in [0.25, 0.3) is 0 Å². The van der Waals surface area contributed by atoms with Gasteiger partial charge in [-0.3, -0.25) is 9.00 Å². The summed E-state index contributed by atoms with van der Waals surface area (Å²) in [5.41, 5.74) is 2.50. The topological polar surface area (TPSA) is 75.8 Å². The van der Waals surface area contributed by atoms with Crippen LogP contribution >= 0.6 is 0 Å². The molecule has 0 radical (unpaired) electrons. The van der Waals surface area contributed by atoms with Crippen molar-refractivity contribution in [1.82, 2.24) is 10.2 Å². The SMILES string of the molecule is Cc1cc(C[S@@](=O)CC(=O)N2CCC(c3ccccc3)=N2)no1. The van der Waals surface area contributed by atoms with Crippen LogP contribution in [0.3, 0.4) is 0 Å². The Morgan fingerprint density at radius 3 is 2.83 bits per heavy atom. The van der Waals surface area contributed by atoms with Crippen molar-refractivity contribution >= 4 is 22.4 Å². The lowest BCUT2D eigenvalue weighted by Crippen LogP contribution is -2.28.